The van der Waals surface area contributed by atoms with Gasteiger partial charge in [0.15, 0.2) is 0 Å². The van der Waals surface area contributed by atoms with E-state index in [1.54, 1.807) is 0 Å². The third-order valence-electron chi connectivity index (χ3n) is 3.87. The molecule has 1 aliphatic rings. The molecule has 0 radical (unpaired) electrons. The van der Waals surface area contributed by atoms with Crippen molar-refractivity contribution in [1.29, 1.82) is 0 Å². The number of likely N-dealkylation sites (N-methyl/N-ethyl adjacent to an activating group) is 1. The minimum atomic E-state index is 0.0679. The van der Waals surface area contributed by atoms with E-state index in [1.807, 2.05) is 6.92 Å². The number of likely N-dealkylation sites (tertiary alicyclic amines) is 1. The van der Waals surface area contributed by atoms with Crippen LogP contribution in [0.5, 0.6) is 0 Å². The molecule has 1 aromatic carbocycles. The summed E-state index contributed by atoms with van der Waals surface area (Å²) in [6.07, 6.45) is 2.72. The second-order valence-corrected chi connectivity index (χ2v) is 6.32. The predicted molar refractivity (Wildman–Crippen MR) is 85.7 cm³/mol. The number of nitrogens with two attached hydrogens (primary N) is 1. The third-order valence-corrected chi connectivity index (χ3v) is 4.55. The van der Waals surface area contributed by atoms with Crippen LogP contribution in [0, 0.1) is 0 Å². The molecule has 19 heavy (non-hydrogen) atoms. The van der Waals surface area contributed by atoms with Gasteiger partial charge in [-0.1, -0.05) is 22.0 Å². The summed E-state index contributed by atoms with van der Waals surface area (Å²) in [5.74, 6) is 0. The van der Waals surface area contributed by atoms with Crippen molar-refractivity contribution in [2.24, 2.45) is 5.73 Å². The van der Waals surface area contributed by atoms with Crippen LogP contribution < -0.4 is 10.6 Å². The minimum absolute atomic E-state index is 0.0679. The van der Waals surface area contributed by atoms with Crippen molar-refractivity contribution in [2.45, 2.75) is 25.8 Å². The maximum absolute atomic E-state index is 5.93. The van der Waals surface area contributed by atoms with Crippen LogP contribution in [0.3, 0.4) is 0 Å². The maximum Gasteiger partial charge on any atom is 0.0375 e. The molecule has 1 saturated heterocycles. The van der Waals surface area contributed by atoms with Crippen LogP contribution in [-0.4, -0.2) is 38.1 Å². The van der Waals surface area contributed by atoms with Gasteiger partial charge >= 0.3 is 0 Å². The minimum Gasteiger partial charge on any atom is -0.373 e. The Bertz CT molecular complexity index is 414. The van der Waals surface area contributed by atoms with E-state index in [-0.39, 0.29) is 6.04 Å². The zero-order chi connectivity index (χ0) is 13.8. The number of rotatable bonds is 5. The van der Waals surface area contributed by atoms with Gasteiger partial charge in [0.25, 0.3) is 0 Å². The lowest BCUT2D eigenvalue weighted by molar-refractivity contribution is 0.346. The largest absolute Gasteiger partial charge is 0.373 e. The first-order chi connectivity index (χ1) is 9.08. The van der Waals surface area contributed by atoms with Crippen LogP contribution in [-0.2, 0) is 0 Å². The average Bonchev–Trinajstić information content (AvgIpc) is 2.88. The summed E-state index contributed by atoms with van der Waals surface area (Å²) in [4.78, 5) is 4.86. The van der Waals surface area contributed by atoms with Crippen molar-refractivity contribution in [3.63, 3.8) is 0 Å². The molecule has 106 valence electrons. The zero-order valence-corrected chi connectivity index (χ0v) is 13.5. The van der Waals surface area contributed by atoms with Gasteiger partial charge in [0.2, 0.25) is 0 Å². The summed E-state index contributed by atoms with van der Waals surface area (Å²) in [5, 5.41) is 0. The lowest BCUT2D eigenvalue weighted by Gasteiger charge is -2.24. The number of anilines is 1. The topological polar surface area (TPSA) is 32.5 Å². The van der Waals surface area contributed by atoms with E-state index in [0.29, 0.717) is 0 Å². The average molecular weight is 326 g/mol. The van der Waals surface area contributed by atoms with Crippen LogP contribution in [0.15, 0.2) is 22.7 Å². The highest BCUT2D eigenvalue weighted by Gasteiger charge is 2.13. The third kappa shape index (κ3) is 3.94. The number of hydrogen-bond donors (Lipinski definition) is 1. The number of hydrogen-bond acceptors (Lipinski definition) is 3. The summed E-state index contributed by atoms with van der Waals surface area (Å²) in [7, 11) is 2.16. The first-order valence-electron chi connectivity index (χ1n) is 7.06. The molecule has 0 aromatic heterocycles. The highest BCUT2D eigenvalue weighted by atomic mass is 79.9. The molecule has 2 rings (SSSR count). The highest BCUT2D eigenvalue weighted by Crippen LogP contribution is 2.27. The second kappa shape index (κ2) is 6.73. The maximum atomic E-state index is 5.93. The molecule has 1 aromatic rings. The Hall–Kier alpha value is -0.580. The van der Waals surface area contributed by atoms with Gasteiger partial charge in [-0.3, -0.25) is 0 Å². The predicted octanol–water partition coefficient (Wildman–Crippen LogP) is 3.00. The fourth-order valence-corrected chi connectivity index (χ4v) is 3.28. The second-order valence-electron chi connectivity index (χ2n) is 5.46. The summed E-state index contributed by atoms with van der Waals surface area (Å²) in [6.45, 7) is 6.77. The zero-order valence-electron chi connectivity index (χ0n) is 11.9. The van der Waals surface area contributed by atoms with Gasteiger partial charge in [-0.25, -0.2) is 0 Å². The first-order valence-corrected chi connectivity index (χ1v) is 7.86. The Labute approximate surface area is 124 Å². The molecule has 0 aliphatic carbocycles. The lowest BCUT2D eigenvalue weighted by Crippen LogP contribution is -2.31. The smallest absolute Gasteiger partial charge is 0.0375 e. The Morgan fingerprint density at radius 1 is 1.37 bits per heavy atom. The van der Waals surface area contributed by atoms with Gasteiger partial charge in [-0.2, -0.15) is 0 Å². The molecule has 1 fully saturated rings. The lowest BCUT2D eigenvalue weighted by atomic mass is 10.1. The monoisotopic (exact) mass is 325 g/mol. The molecule has 1 aliphatic heterocycles. The Morgan fingerprint density at radius 2 is 2.05 bits per heavy atom. The SMILES string of the molecule is CC(N)c1ccc(N(C)CCN2CCCC2)cc1Br. The first kappa shape index (κ1) is 14.8. The van der Waals surface area contributed by atoms with Gasteiger partial charge in [-0.05, 0) is 50.6 Å². The number of nitrogens with zero attached hydrogens (tertiary/aromatic N) is 2. The molecule has 3 nitrogen and oxygen atoms in total. The van der Waals surface area contributed by atoms with E-state index in [2.05, 4.69) is 51.0 Å². The summed E-state index contributed by atoms with van der Waals surface area (Å²) in [6, 6.07) is 6.52. The normalized spacial score (nSPS) is 17.7. The van der Waals surface area contributed by atoms with E-state index in [4.69, 9.17) is 5.73 Å². The molecule has 0 saturated carbocycles. The molecule has 0 spiro atoms. The summed E-state index contributed by atoms with van der Waals surface area (Å²) < 4.78 is 1.10. The molecular formula is C15H24BrN3. The van der Waals surface area contributed by atoms with E-state index in [9.17, 15) is 0 Å². The molecule has 0 amide bonds. The number of benzene rings is 1. The quantitative estimate of drug-likeness (QED) is 0.903. The van der Waals surface area contributed by atoms with Crippen molar-refractivity contribution in [3.8, 4) is 0 Å². The molecule has 2 N–H and O–H groups in total. The van der Waals surface area contributed by atoms with Crippen molar-refractivity contribution in [1.82, 2.24) is 4.90 Å². The fraction of sp³-hybridized carbons (Fsp3) is 0.600. The molecular weight excluding hydrogens is 302 g/mol. The summed E-state index contributed by atoms with van der Waals surface area (Å²) in [5.41, 5.74) is 8.34. The van der Waals surface area contributed by atoms with Crippen LogP contribution in [0.2, 0.25) is 0 Å². The van der Waals surface area contributed by atoms with Crippen molar-refractivity contribution < 1.29 is 0 Å². The Kier molecular flexibility index (Phi) is 5.25. The van der Waals surface area contributed by atoms with Crippen LogP contribution in [0.25, 0.3) is 0 Å². The Morgan fingerprint density at radius 3 is 2.63 bits per heavy atom. The van der Waals surface area contributed by atoms with Crippen LogP contribution in [0.1, 0.15) is 31.4 Å². The standard InChI is InChI=1S/C15H24BrN3/c1-12(17)14-6-5-13(11-15(14)16)18(2)9-10-19-7-3-4-8-19/h5-6,11-12H,3-4,7-10,17H2,1-2H3. The highest BCUT2D eigenvalue weighted by molar-refractivity contribution is 9.10. The van der Waals surface area contributed by atoms with Crippen molar-refractivity contribution in [2.75, 3.05) is 38.1 Å². The molecule has 1 heterocycles. The van der Waals surface area contributed by atoms with Gasteiger partial charge in [0, 0.05) is 36.3 Å². The van der Waals surface area contributed by atoms with E-state index in [1.165, 1.54) is 31.6 Å². The molecule has 4 heteroatoms. The fourth-order valence-electron chi connectivity index (χ4n) is 2.55. The van der Waals surface area contributed by atoms with Crippen LogP contribution >= 0.6 is 15.9 Å². The molecule has 1 atom stereocenters. The van der Waals surface area contributed by atoms with Gasteiger partial charge in [0.05, 0.1) is 0 Å². The van der Waals surface area contributed by atoms with Gasteiger partial charge in [-0.15, -0.1) is 0 Å². The van der Waals surface area contributed by atoms with Crippen LogP contribution in [0.4, 0.5) is 5.69 Å². The van der Waals surface area contributed by atoms with Gasteiger partial charge < -0.3 is 15.5 Å². The van der Waals surface area contributed by atoms with E-state index < -0.39 is 0 Å². The van der Waals surface area contributed by atoms with E-state index in [0.717, 1.165) is 23.1 Å². The van der Waals surface area contributed by atoms with Crippen molar-refractivity contribution in [3.05, 3.63) is 28.2 Å². The molecule has 0 bridgehead atoms. The van der Waals surface area contributed by atoms with Crippen molar-refractivity contribution >= 4 is 21.6 Å². The Balaban J connectivity index is 1.94. The van der Waals surface area contributed by atoms with E-state index >= 15 is 0 Å². The molecule has 1 unspecified atom stereocenters. The summed E-state index contributed by atoms with van der Waals surface area (Å²) >= 11 is 3.62. The number of halogens is 1. The van der Waals surface area contributed by atoms with Gasteiger partial charge in [0.1, 0.15) is 0 Å².